The molecule has 4 rings (SSSR count). The number of amides is 2. The van der Waals surface area contributed by atoms with E-state index in [0.29, 0.717) is 11.2 Å². The van der Waals surface area contributed by atoms with Crippen LogP contribution in [0.2, 0.25) is 0 Å². The first-order chi connectivity index (χ1) is 15.4. The summed E-state index contributed by atoms with van der Waals surface area (Å²) < 4.78 is 30.4. The zero-order valence-electron chi connectivity index (χ0n) is 16.6. The van der Waals surface area contributed by atoms with Crippen molar-refractivity contribution in [2.45, 2.75) is 6.92 Å². The van der Waals surface area contributed by atoms with Crippen molar-refractivity contribution in [2.75, 3.05) is 11.9 Å². The van der Waals surface area contributed by atoms with E-state index in [9.17, 15) is 19.1 Å². The number of benzene rings is 2. The first-order valence-corrected chi connectivity index (χ1v) is 10.3. The van der Waals surface area contributed by atoms with Crippen molar-refractivity contribution in [3.63, 3.8) is 0 Å². The van der Waals surface area contributed by atoms with Crippen molar-refractivity contribution in [3.05, 3.63) is 65.9 Å². The van der Waals surface area contributed by atoms with Gasteiger partial charge in [-0.15, -0.1) is 0 Å². The van der Waals surface area contributed by atoms with Gasteiger partial charge in [0, 0.05) is 23.9 Å². The second kappa shape index (κ2) is 8.67. The van der Waals surface area contributed by atoms with Crippen molar-refractivity contribution in [1.82, 2.24) is 15.3 Å². The highest BCUT2D eigenvalue weighted by molar-refractivity contribution is 7.22. The molecular weight excluding hydrogens is 438 g/mol. The summed E-state index contributed by atoms with van der Waals surface area (Å²) in [6.07, 6.45) is 1.41. The number of aromatic carboxylic acids is 1. The molecule has 0 radical (unpaired) electrons. The number of carboxylic acids is 1. The van der Waals surface area contributed by atoms with E-state index in [4.69, 9.17) is 0 Å². The van der Waals surface area contributed by atoms with E-state index in [1.807, 2.05) is 0 Å². The summed E-state index contributed by atoms with van der Waals surface area (Å²) >= 11 is 0.984. The molecule has 0 fully saturated rings. The minimum Gasteiger partial charge on any atom is -0.478 e. The number of carbonyl (C=O) groups excluding carboxylic acids is 1. The van der Waals surface area contributed by atoms with Gasteiger partial charge >= 0.3 is 12.0 Å². The standard InChI is InChI=1S/C22H16F2N4O3S/c1-2-25-21(31)28-22-27-18-16(24)13(11-5-3-6-12(9-11)20(29)30)10-14(19(18)32-22)17-15(23)7-4-8-26-17/h3-10H,2H2,1H3,(H,29,30)(H2,25,27,28,31). The number of hydrogen-bond donors (Lipinski definition) is 3. The van der Waals surface area contributed by atoms with Gasteiger partial charge < -0.3 is 10.4 Å². The molecular formula is C22H16F2N4O3S. The van der Waals surface area contributed by atoms with Gasteiger partial charge in [0.2, 0.25) is 0 Å². The van der Waals surface area contributed by atoms with Crippen LogP contribution in [-0.4, -0.2) is 33.6 Å². The Morgan fingerprint density at radius 3 is 2.66 bits per heavy atom. The second-order valence-corrected chi connectivity index (χ2v) is 7.69. The Morgan fingerprint density at radius 1 is 1.12 bits per heavy atom. The summed E-state index contributed by atoms with van der Waals surface area (Å²) in [6, 6.07) is 9.33. The van der Waals surface area contributed by atoms with Gasteiger partial charge in [0.05, 0.1) is 10.3 Å². The molecule has 2 heterocycles. The number of nitrogens with zero attached hydrogens (tertiary/aromatic N) is 2. The summed E-state index contributed by atoms with van der Waals surface area (Å²) in [5.41, 5.74) is 0.478. The summed E-state index contributed by atoms with van der Waals surface area (Å²) in [5, 5.41) is 14.5. The molecule has 0 saturated carbocycles. The molecule has 0 saturated heterocycles. The lowest BCUT2D eigenvalue weighted by molar-refractivity contribution is 0.0697. The van der Waals surface area contributed by atoms with Crippen LogP contribution in [0.4, 0.5) is 18.7 Å². The van der Waals surface area contributed by atoms with Crippen molar-refractivity contribution in [3.8, 4) is 22.4 Å². The van der Waals surface area contributed by atoms with E-state index < -0.39 is 23.6 Å². The van der Waals surface area contributed by atoms with Crippen LogP contribution in [-0.2, 0) is 0 Å². The van der Waals surface area contributed by atoms with Gasteiger partial charge in [0.25, 0.3) is 0 Å². The van der Waals surface area contributed by atoms with Crippen LogP contribution in [0.5, 0.6) is 0 Å². The van der Waals surface area contributed by atoms with E-state index in [0.717, 1.165) is 11.3 Å². The zero-order valence-corrected chi connectivity index (χ0v) is 17.5. The average molecular weight is 454 g/mol. The maximum Gasteiger partial charge on any atom is 0.335 e. The number of pyridine rings is 1. The monoisotopic (exact) mass is 454 g/mol. The lowest BCUT2D eigenvalue weighted by Gasteiger charge is -2.10. The molecule has 0 aliphatic carbocycles. The summed E-state index contributed by atoms with van der Waals surface area (Å²) in [5.74, 6) is -2.49. The summed E-state index contributed by atoms with van der Waals surface area (Å²) in [4.78, 5) is 31.6. The predicted octanol–water partition coefficient (Wildman–Crippen LogP) is 5.14. The SMILES string of the molecule is CCNC(=O)Nc1nc2c(F)c(-c3cccc(C(=O)O)c3)cc(-c3ncccc3F)c2s1. The van der Waals surface area contributed by atoms with Gasteiger partial charge in [-0.05, 0) is 42.8 Å². The van der Waals surface area contributed by atoms with E-state index in [1.165, 1.54) is 42.6 Å². The minimum atomic E-state index is -1.16. The molecule has 32 heavy (non-hydrogen) atoms. The predicted molar refractivity (Wildman–Crippen MR) is 118 cm³/mol. The maximum absolute atomic E-state index is 15.5. The minimum absolute atomic E-state index is 0.0126. The number of carboxylic acid groups (broad SMARTS) is 1. The number of carbonyl (C=O) groups is 2. The zero-order chi connectivity index (χ0) is 22.8. The van der Waals surface area contributed by atoms with Crippen molar-refractivity contribution >= 4 is 38.7 Å². The highest BCUT2D eigenvalue weighted by Gasteiger charge is 2.22. The lowest BCUT2D eigenvalue weighted by atomic mass is 9.98. The molecule has 0 unspecified atom stereocenters. The molecule has 4 aromatic rings. The van der Waals surface area contributed by atoms with Crippen LogP contribution in [0.25, 0.3) is 32.6 Å². The average Bonchev–Trinajstić information content (AvgIpc) is 3.19. The van der Waals surface area contributed by atoms with Gasteiger partial charge in [-0.3, -0.25) is 10.3 Å². The molecule has 3 N–H and O–H groups in total. The van der Waals surface area contributed by atoms with Gasteiger partial charge in [-0.25, -0.2) is 23.4 Å². The first kappa shape index (κ1) is 21.3. The van der Waals surface area contributed by atoms with Crippen LogP contribution < -0.4 is 10.6 Å². The fraction of sp³-hybridized carbons (Fsp3) is 0.0909. The van der Waals surface area contributed by atoms with Crippen molar-refractivity contribution in [2.24, 2.45) is 0 Å². The molecule has 2 aromatic heterocycles. The van der Waals surface area contributed by atoms with Crippen LogP contribution in [0.1, 0.15) is 17.3 Å². The molecule has 0 aliphatic heterocycles. The number of urea groups is 1. The number of hydrogen-bond acceptors (Lipinski definition) is 5. The van der Waals surface area contributed by atoms with E-state index in [2.05, 4.69) is 20.6 Å². The number of fused-ring (bicyclic) bond motifs is 1. The van der Waals surface area contributed by atoms with E-state index in [-0.39, 0.29) is 38.6 Å². The third kappa shape index (κ3) is 4.00. The largest absolute Gasteiger partial charge is 0.478 e. The molecule has 2 amide bonds. The van der Waals surface area contributed by atoms with Crippen LogP contribution >= 0.6 is 11.3 Å². The highest BCUT2D eigenvalue weighted by Crippen LogP contribution is 2.41. The van der Waals surface area contributed by atoms with Gasteiger partial charge in [-0.2, -0.15) is 0 Å². The highest BCUT2D eigenvalue weighted by atomic mass is 32.1. The number of nitrogens with one attached hydrogen (secondary N) is 2. The fourth-order valence-corrected chi connectivity index (χ4v) is 4.17. The Kier molecular flexibility index (Phi) is 5.78. The van der Waals surface area contributed by atoms with Crippen LogP contribution in [0, 0.1) is 11.6 Å². The molecule has 0 spiro atoms. The Labute approximate surface area is 184 Å². The Hall–Kier alpha value is -3.92. The Balaban J connectivity index is 1.97. The normalized spacial score (nSPS) is 10.8. The third-order valence-corrected chi connectivity index (χ3v) is 5.60. The smallest absolute Gasteiger partial charge is 0.335 e. The van der Waals surface area contributed by atoms with Gasteiger partial charge in [0.15, 0.2) is 10.9 Å². The number of aromatic nitrogens is 2. The molecule has 10 heteroatoms. The topological polar surface area (TPSA) is 104 Å². The molecule has 0 bridgehead atoms. The molecule has 0 atom stereocenters. The Bertz CT molecular complexity index is 1360. The second-order valence-electron chi connectivity index (χ2n) is 6.69. The van der Waals surface area contributed by atoms with Crippen molar-refractivity contribution in [1.29, 1.82) is 0 Å². The Morgan fingerprint density at radius 2 is 1.94 bits per heavy atom. The third-order valence-electron chi connectivity index (χ3n) is 4.60. The number of thiazole rings is 1. The fourth-order valence-electron chi connectivity index (χ4n) is 3.20. The first-order valence-electron chi connectivity index (χ1n) is 9.51. The van der Waals surface area contributed by atoms with Crippen LogP contribution in [0.15, 0.2) is 48.7 Å². The van der Waals surface area contributed by atoms with Crippen molar-refractivity contribution < 1.29 is 23.5 Å². The number of anilines is 1. The van der Waals surface area contributed by atoms with E-state index in [1.54, 1.807) is 13.0 Å². The summed E-state index contributed by atoms with van der Waals surface area (Å²) in [6.45, 7) is 2.14. The maximum atomic E-state index is 15.5. The lowest BCUT2D eigenvalue weighted by Crippen LogP contribution is -2.28. The van der Waals surface area contributed by atoms with E-state index >= 15 is 4.39 Å². The van der Waals surface area contributed by atoms with Gasteiger partial charge in [-0.1, -0.05) is 23.5 Å². The van der Waals surface area contributed by atoms with Crippen LogP contribution in [0.3, 0.4) is 0 Å². The van der Waals surface area contributed by atoms with Gasteiger partial charge in [0.1, 0.15) is 17.0 Å². The quantitative estimate of drug-likeness (QED) is 0.387. The summed E-state index contributed by atoms with van der Waals surface area (Å²) in [7, 11) is 0. The molecule has 162 valence electrons. The molecule has 2 aromatic carbocycles. The molecule has 0 aliphatic rings. The number of rotatable bonds is 5. The number of halogens is 2. The molecule has 7 nitrogen and oxygen atoms in total.